The Bertz CT molecular complexity index is 580. The Hall–Kier alpha value is -1.84. The van der Waals surface area contributed by atoms with Gasteiger partial charge in [-0.15, -0.1) is 0 Å². The van der Waals surface area contributed by atoms with E-state index < -0.39 is 0 Å². The molecule has 0 spiro atoms. The zero-order valence-electron chi connectivity index (χ0n) is 12.8. The molecule has 1 aliphatic rings. The highest BCUT2D eigenvalue weighted by molar-refractivity contribution is 5.76. The zero-order valence-corrected chi connectivity index (χ0v) is 12.8. The van der Waals surface area contributed by atoms with Gasteiger partial charge in [0.1, 0.15) is 5.82 Å². The number of aromatic nitrogens is 3. The van der Waals surface area contributed by atoms with E-state index in [1.165, 1.54) is 38.5 Å². The molecule has 21 heavy (non-hydrogen) atoms. The Morgan fingerprint density at radius 2 is 2.00 bits per heavy atom. The average Bonchev–Trinajstić information content (AvgIpc) is 2.69. The lowest BCUT2D eigenvalue weighted by Crippen LogP contribution is -2.05. The molecular formula is C17H24N4. The summed E-state index contributed by atoms with van der Waals surface area (Å²) < 4.78 is 1.80. The summed E-state index contributed by atoms with van der Waals surface area (Å²) in [4.78, 5) is 4.22. The molecular weight excluding hydrogens is 260 g/mol. The van der Waals surface area contributed by atoms with Crippen molar-refractivity contribution >= 4 is 5.82 Å². The first-order valence-electron chi connectivity index (χ1n) is 7.97. The van der Waals surface area contributed by atoms with Gasteiger partial charge in [-0.05, 0) is 18.4 Å². The molecule has 0 unspecified atom stereocenters. The molecule has 0 atom stereocenters. The quantitative estimate of drug-likeness (QED) is 0.876. The summed E-state index contributed by atoms with van der Waals surface area (Å²) in [6, 6.07) is 4.02. The predicted molar refractivity (Wildman–Crippen MR) is 85.7 cm³/mol. The lowest BCUT2D eigenvalue weighted by atomic mass is 9.92. The Labute approximate surface area is 126 Å². The van der Waals surface area contributed by atoms with Crippen LogP contribution in [0.25, 0.3) is 11.1 Å². The summed E-state index contributed by atoms with van der Waals surface area (Å²) in [6.07, 6.45) is 12.8. The van der Waals surface area contributed by atoms with Crippen LogP contribution in [-0.4, -0.2) is 14.8 Å². The van der Waals surface area contributed by atoms with Crippen molar-refractivity contribution in [3.63, 3.8) is 0 Å². The minimum absolute atomic E-state index is 0.742. The van der Waals surface area contributed by atoms with Crippen LogP contribution in [0.2, 0.25) is 0 Å². The number of hydrogen-bond donors (Lipinski definition) is 1. The van der Waals surface area contributed by atoms with Gasteiger partial charge in [0.2, 0.25) is 0 Å². The molecule has 1 fully saturated rings. The van der Waals surface area contributed by atoms with Gasteiger partial charge in [0.15, 0.2) is 0 Å². The van der Waals surface area contributed by atoms with Crippen molar-refractivity contribution in [2.24, 2.45) is 13.0 Å². The van der Waals surface area contributed by atoms with E-state index in [1.807, 2.05) is 19.3 Å². The molecule has 4 nitrogen and oxygen atoms in total. The summed E-state index contributed by atoms with van der Waals surface area (Å²) >= 11 is 0. The third kappa shape index (κ3) is 3.09. The number of hydrogen-bond acceptors (Lipinski definition) is 3. The monoisotopic (exact) mass is 284 g/mol. The number of nitrogen functional groups attached to an aromatic ring is 1. The van der Waals surface area contributed by atoms with Gasteiger partial charge in [-0.25, -0.2) is 0 Å². The lowest BCUT2D eigenvalue weighted by molar-refractivity contribution is 0.451. The number of rotatable bonds is 3. The highest BCUT2D eigenvalue weighted by Crippen LogP contribution is 2.33. The first-order valence-corrected chi connectivity index (χ1v) is 7.97. The Morgan fingerprint density at radius 3 is 2.67 bits per heavy atom. The van der Waals surface area contributed by atoms with Gasteiger partial charge in [-0.1, -0.05) is 44.6 Å². The molecule has 4 heteroatoms. The van der Waals surface area contributed by atoms with Crippen LogP contribution in [0, 0.1) is 5.92 Å². The van der Waals surface area contributed by atoms with Crippen LogP contribution in [-0.2, 0) is 13.5 Å². The van der Waals surface area contributed by atoms with E-state index in [0.29, 0.717) is 0 Å². The van der Waals surface area contributed by atoms with E-state index >= 15 is 0 Å². The largest absolute Gasteiger partial charge is 0.383 e. The fourth-order valence-electron chi connectivity index (χ4n) is 3.40. The van der Waals surface area contributed by atoms with Crippen molar-refractivity contribution < 1.29 is 0 Å². The van der Waals surface area contributed by atoms with Crippen LogP contribution < -0.4 is 5.73 Å². The summed E-state index contributed by atoms with van der Waals surface area (Å²) in [7, 11) is 1.92. The highest BCUT2D eigenvalue weighted by Gasteiger charge is 2.20. The third-order valence-electron chi connectivity index (χ3n) is 4.57. The minimum atomic E-state index is 0.742. The van der Waals surface area contributed by atoms with Gasteiger partial charge < -0.3 is 5.73 Å². The average molecular weight is 284 g/mol. The second-order valence-corrected chi connectivity index (χ2v) is 6.13. The molecule has 2 aromatic heterocycles. The summed E-state index contributed by atoms with van der Waals surface area (Å²) in [5.74, 6) is 1.49. The summed E-state index contributed by atoms with van der Waals surface area (Å²) in [5, 5.41) is 4.68. The van der Waals surface area contributed by atoms with E-state index in [1.54, 1.807) is 10.9 Å². The normalized spacial score (nSPS) is 16.8. The van der Waals surface area contributed by atoms with Gasteiger partial charge in [0.05, 0.1) is 5.69 Å². The van der Waals surface area contributed by atoms with Crippen molar-refractivity contribution in [1.82, 2.24) is 14.8 Å². The number of nitrogens with two attached hydrogens (primary N) is 1. The molecule has 0 aliphatic heterocycles. The highest BCUT2D eigenvalue weighted by atomic mass is 15.3. The standard InChI is InChI=1S/C17H24N4/c1-21-17(18)16(14-9-6-10-19-12-14)15(20-21)11-13-7-4-2-3-5-8-13/h6,9-10,12-13H,2-5,7-8,11,18H2,1H3. The van der Waals surface area contributed by atoms with E-state index in [-0.39, 0.29) is 0 Å². The molecule has 0 radical (unpaired) electrons. The second kappa shape index (κ2) is 6.29. The van der Waals surface area contributed by atoms with Crippen molar-refractivity contribution in [2.75, 3.05) is 5.73 Å². The maximum absolute atomic E-state index is 6.24. The Morgan fingerprint density at radius 1 is 1.24 bits per heavy atom. The van der Waals surface area contributed by atoms with E-state index in [9.17, 15) is 0 Å². The fourth-order valence-corrected chi connectivity index (χ4v) is 3.40. The van der Waals surface area contributed by atoms with Crippen molar-refractivity contribution in [2.45, 2.75) is 44.9 Å². The maximum Gasteiger partial charge on any atom is 0.129 e. The minimum Gasteiger partial charge on any atom is -0.383 e. The van der Waals surface area contributed by atoms with Crippen LogP contribution in [0.15, 0.2) is 24.5 Å². The third-order valence-corrected chi connectivity index (χ3v) is 4.57. The molecule has 2 heterocycles. The van der Waals surface area contributed by atoms with Gasteiger partial charge in [0.25, 0.3) is 0 Å². The predicted octanol–water partition coefficient (Wildman–Crippen LogP) is 3.58. The first kappa shape index (κ1) is 14.1. The van der Waals surface area contributed by atoms with E-state index in [0.717, 1.165) is 35.0 Å². The first-order chi connectivity index (χ1) is 10.3. The van der Waals surface area contributed by atoms with Crippen molar-refractivity contribution in [3.05, 3.63) is 30.2 Å². The Balaban J connectivity index is 1.89. The fraction of sp³-hybridized carbons (Fsp3) is 0.529. The Kier molecular flexibility index (Phi) is 4.23. The van der Waals surface area contributed by atoms with Crippen molar-refractivity contribution in [3.8, 4) is 11.1 Å². The molecule has 0 bridgehead atoms. The second-order valence-electron chi connectivity index (χ2n) is 6.13. The van der Waals surface area contributed by atoms with Crippen LogP contribution in [0.4, 0.5) is 5.82 Å². The molecule has 0 aromatic carbocycles. The number of pyridine rings is 1. The summed E-state index contributed by atoms with van der Waals surface area (Å²) in [6.45, 7) is 0. The van der Waals surface area contributed by atoms with Crippen molar-refractivity contribution in [1.29, 1.82) is 0 Å². The summed E-state index contributed by atoms with van der Waals surface area (Å²) in [5.41, 5.74) is 9.53. The number of nitrogens with zero attached hydrogens (tertiary/aromatic N) is 3. The molecule has 0 amide bonds. The lowest BCUT2D eigenvalue weighted by Gasteiger charge is -2.13. The molecule has 3 rings (SSSR count). The SMILES string of the molecule is Cn1nc(CC2CCCCCC2)c(-c2cccnc2)c1N. The number of aryl methyl sites for hydroxylation is 1. The molecule has 2 aromatic rings. The van der Waals surface area contributed by atoms with Crippen LogP contribution in [0.3, 0.4) is 0 Å². The topological polar surface area (TPSA) is 56.7 Å². The maximum atomic E-state index is 6.24. The van der Waals surface area contributed by atoms with Gasteiger partial charge in [0, 0.05) is 30.6 Å². The van der Waals surface area contributed by atoms with Crippen LogP contribution >= 0.6 is 0 Å². The van der Waals surface area contributed by atoms with Crippen LogP contribution in [0.5, 0.6) is 0 Å². The molecule has 0 saturated heterocycles. The molecule has 1 saturated carbocycles. The van der Waals surface area contributed by atoms with Gasteiger partial charge in [-0.2, -0.15) is 5.10 Å². The van der Waals surface area contributed by atoms with E-state index in [2.05, 4.69) is 16.1 Å². The smallest absolute Gasteiger partial charge is 0.129 e. The molecule has 112 valence electrons. The van der Waals surface area contributed by atoms with Gasteiger partial charge >= 0.3 is 0 Å². The van der Waals surface area contributed by atoms with E-state index in [4.69, 9.17) is 5.73 Å². The zero-order chi connectivity index (χ0) is 14.7. The van der Waals surface area contributed by atoms with Crippen LogP contribution in [0.1, 0.15) is 44.2 Å². The number of anilines is 1. The molecule has 1 aliphatic carbocycles. The van der Waals surface area contributed by atoms with Gasteiger partial charge in [-0.3, -0.25) is 9.67 Å². The molecule has 2 N–H and O–H groups in total.